The molecule has 1 aliphatic heterocycles. The highest BCUT2D eigenvalue weighted by Crippen LogP contribution is 2.25. The van der Waals surface area contributed by atoms with Crippen molar-refractivity contribution in [1.29, 1.82) is 0 Å². The molecule has 0 amide bonds. The lowest BCUT2D eigenvalue weighted by Gasteiger charge is -2.29. The van der Waals surface area contributed by atoms with Gasteiger partial charge in [0.05, 0.1) is 28.9 Å². The van der Waals surface area contributed by atoms with Crippen molar-refractivity contribution in [2.75, 3.05) is 32.5 Å². The first kappa shape index (κ1) is 16.4. The van der Waals surface area contributed by atoms with Crippen LogP contribution in [0.25, 0.3) is 0 Å². The Kier molecular flexibility index (Phi) is 5.03. The number of hydrogen-bond acceptors (Lipinski definition) is 5. The fraction of sp³-hybridized carbons (Fsp3) is 0.462. The van der Waals surface area contributed by atoms with Crippen molar-refractivity contribution in [3.63, 3.8) is 0 Å². The molecule has 1 saturated heterocycles. The first-order valence-electron chi connectivity index (χ1n) is 6.35. The maximum absolute atomic E-state index is 12.5. The van der Waals surface area contributed by atoms with E-state index in [0.717, 1.165) is 6.54 Å². The van der Waals surface area contributed by atoms with Crippen molar-refractivity contribution >= 4 is 31.7 Å². The number of morpholine rings is 1. The van der Waals surface area contributed by atoms with E-state index in [0.29, 0.717) is 17.6 Å². The van der Waals surface area contributed by atoms with Gasteiger partial charge < -0.3 is 14.7 Å². The fourth-order valence-electron chi connectivity index (χ4n) is 2.18. The largest absolute Gasteiger partial charge is 0.478 e. The van der Waals surface area contributed by atoms with Crippen LogP contribution < -0.4 is 0 Å². The summed E-state index contributed by atoms with van der Waals surface area (Å²) in [5, 5.41) is 8.98. The summed E-state index contributed by atoms with van der Waals surface area (Å²) in [6, 6.07) is 3.97. The Balaban J connectivity index is 2.26. The molecule has 6 nitrogen and oxygen atoms in total. The molecule has 0 aliphatic carbocycles. The predicted molar refractivity (Wildman–Crippen MR) is 80.4 cm³/mol. The Labute approximate surface area is 131 Å². The molecule has 1 aromatic carbocycles. The lowest BCUT2D eigenvalue weighted by molar-refractivity contribution is -0.00681. The summed E-state index contributed by atoms with van der Waals surface area (Å²) < 4.78 is 30.8. The molecule has 116 valence electrons. The Morgan fingerprint density at radius 1 is 1.52 bits per heavy atom. The quantitative estimate of drug-likeness (QED) is 0.849. The number of ether oxygens (including phenoxy) is 1. The van der Waals surface area contributed by atoms with Crippen LogP contribution >= 0.6 is 15.9 Å². The van der Waals surface area contributed by atoms with Crippen molar-refractivity contribution in [2.45, 2.75) is 11.0 Å². The molecule has 1 fully saturated rings. The number of aromatic carboxylic acids is 1. The molecular weight excluding hydrogens is 362 g/mol. The number of rotatable bonds is 4. The van der Waals surface area contributed by atoms with E-state index in [-0.39, 0.29) is 16.2 Å². The highest BCUT2D eigenvalue weighted by molar-refractivity contribution is 9.10. The van der Waals surface area contributed by atoms with E-state index in [1.807, 2.05) is 11.9 Å². The SMILES string of the molecule is CN1CCOC(CS(=O)(=O)c2cc(C(=O)O)ccc2Br)C1. The van der Waals surface area contributed by atoms with Crippen LogP contribution in [0.4, 0.5) is 0 Å². The molecule has 1 aliphatic rings. The van der Waals surface area contributed by atoms with Gasteiger partial charge in [-0.15, -0.1) is 0 Å². The van der Waals surface area contributed by atoms with Gasteiger partial charge in [0.15, 0.2) is 9.84 Å². The molecule has 1 heterocycles. The molecule has 0 spiro atoms. The average molecular weight is 378 g/mol. The van der Waals surface area contributed by atoms with Gasteiger partial charge in [-0.2, -0.15) is 0 Å². The van der Waals surface area contributed by atoms with Gasteiger partial charge in [-0.3, -0.25) is 0 Å². The Morgan fingerprint density at radius 3 is 2.86 bits per heavy atom. The third kappa shape index (κ3) is 4.03. The minimum Gasteiger partial charge on any atom is -0.478 e. The number of carboxylic acids is 1. The zero-order valence-corrected chi connectivity index (χ0v) is 13.9. The number of nitrogens with zero attached hydrogens (tertiary/aromatic N) is 1. The number of likely N-dealkylation sites (N-methyl/N-ethyl adjacent to an activating group) is 1. The normalized spacial score (nSPS) is 20.4. The van der Waals surface area contributed by atoms with Gasteiger partial charge in [0.2, 0.25) is 0 Å². The molecule has 1 N–H and O–H groups in total. The highest BCUT2D eigenvalue weighted by atomic mass is 79.9. The molecule has 0 bridgehead atoms. The van der Waals surface area contributed by atoms with E-state index in [4.69, 9.17) is 9.84 Å². The van der Waals surface area contributed by atoms with E-state index < -0.39 is 21.9 Å². The maximum atomic E-state index is 12.5. The van der Waals surface area contributed by atoms with Crippen molar-refractivity contribution in [3.05, 3.63) is 28.2 Å². The van der Waals surface area contributed by atoms with Gasteiger partial charge in [0, 0.05) is 17.6 Å². The minimum atomic E-state index is -3.63. The highest BCUT2D eigenvalue weighted by Gasteiger charge is 2.27. The maximum Gasteiger partial charge on any atom is 0.335 e. The summed E-state index contributed by atoms with van der Waals surface area (Å²) in [4.78, 5) is 13.0. The van der Waals surface area contributed by atoms with Gasteiger partial charge in [-0.25, -0.2) is 13.2 Å². The lowest BCUT2D eigenvalue weighted by Crippen LogP contribution is -2.43. The van der Waals surface area contributed by atoms with Gasteiger partial charge >= 0.3 is 5.97 Å². The molecule has 0 radical (unpaired) electrons. The number of halogens is 1. The second kappa shape index (κ2) is 6.43. The molecule has 0 aromatic heterocycles. The van der Waals surface area contributed by atoms with Gasteiger partial charge in [-0.1, -0.05) is 0 Å². The minimum absolute atomic E-state index is 0.0146. The van der Waals surface area contributed by atoms with E-state index in [1.165, 1.54) is 18.2 Å². The number of carbonyl (C=O) groups is 1. The van der Waals surface area contributed by atoms with Crippen LogP contribution in [-0.2, 0) is 14.6 Å². The van der Waals surface area contributed by atoms with Crippen LogP contribution in [0.1, 0.15) is 10.4 Å². The zero-order valence-electron chi connectivity index (χ0n) is 11.5. The topological polar surface area (TPSA) is 83.9 Å². The number of benzene rings is 1. The molecule has 1 atom stereocenters. The molecule has 0 saturated carbocycles. The Hall–Kier alpha value is -0.960. The van der Waals surface area contributed by atoms with Crippen molar-refractivity contribution in [3.8, 4) is 0 Å². The first-order valence-corrected chi connectivity index (χ1v) is 8.80. The van der Waals surface area contributed by atoms with Crippen LogP contribution in [0.5, 0.6) is 0 Å². The van der Waals surface area contributed by atoms with Crippen molar-refractivity contribution in [2.24, 2.45) is 0 Å². The monoisotopic (exact) mass is 377 g/mol. The summed E-state index contributed by atoms with van der Waals surface area (Å²) in [7, 11) is -1.73. The fourth-order valence-corrected chi connectivity index (χ4v) is 4.71. The van der Waals surface area contributed by atoms with Gasteiger partial charge in [-0.05, 0) is 41.2 Å². The molecule has 1 unspecified atom stereocenters. The van der Waals surface area contributed by atoms with Crippen LogP contribution in [0.3, 0.4) is 0 Å². The summed E-state index contributed by atoms with van der Waals surface area (Å²) >= 11 is 3.17. The summed E-state index contributed by atoms with van der Waals surface area (Å²) in [5.41, 5.74) is -0.0570. The van der Waals surface area contributed by atoms with E-state index in [9.17, 15) is 13.2 Å². The van der Waals surface area contributed by atoms with Crippen LogP contribution in [0.2, 0.25) is 0 Å². The number of hydrogen-bond donors (Lipinski definition) is 1. The molecular formula is C13H16BrNO5S. The van der Waals surface area contributed by atoms with Crippen molar-refractivity contribution in [1.82, 2.24) is 4.90 Å². The number of sulfone groups is 1. The van der Waals surface area contributed by atoms with Crippen LogP contribution in [0, 0.1) is 0 Å². The second-order valence-electron chi connectivity index (χ2n) is 4.99. The molecule has 1 aromatic rings. The second-order valence-corrected chi connectivity index (χ2v) is 7.84. The van der Waals surface area contributed by atoms with Gasteiger partial charge in [0.1, 0.15) is 0 Å². The van der Waals surface area contributed by atoms with Crippen LogP contribution in [-0.4, -0.2) is 63.0 Å². The first-order chi connectivity index (χ1) is 9.79. The standard InChI is InChI=1S/C13H16BrNO5S/c1-15-4-5-20-10(7-15)8-21(18,19)12-6-9(13(16)17)2-3-11(12)14/h2-3,6,10H,4-5,7-8H2,1H3,(H,16,17). The molecule has 21 heavy (non-hydrogen) atoms. The van der Waals surface area contributed by atoms with Crippen molar-refractivity contribution < 1.29 is 23.1 Å². The van der Waals surface area contributed by atoms with E-state index in [2.05, 4.69) is 15.9 Å². The summed E-state index contributed by atoms with van der Waals surface area (Å²) in [5.74, 6) is -1.33. The average Bonchev–Trinajstić information content (AvgIpc) is 2.38. The predicted octanol–water partition coefficient (Wildman–Crippen LogP) is 1.25. The van der Waals surface area contributed by atoms with Crippen LogP contribution in [0.15, 0.2) is 27.6 Å². The smallest absolute Gasteiger partial charge is 0.335 e. The third-order valence-corrected chi connectivity index (χ3v) is 6.03. The third-order valence-electron chi connectivity index (χ3n) is 3.26. The molecule has 2 rings (SSSR count). The Bertz CT molecular complexity index is 646. The summed E-state index contributed by atoms with van der Waals surface area (Å²) in [6.07, 6.45) is -0.408. The molecule has 8 heteroatoms. The number of carboxylic acid groups (broad SMARTS) is 1. The van der Waals surface area contributed by atoms with E-state index in [1.54, 1.807) is 0 Å². The van der Waals surface area contributed by atoms with Gasteiger partial charge in [0.25, 0.3) is 0 Å². The zero-order chi connectivity index (χ0) is 15.6. The van der Waals surface area contributed by atoms with E-state index >= 15 is 0 Å². The Morgan fingerprint density at radius 2 is 2.24 bits per heavy atom. The summed E-state index contributed by atoms with van der Waals surface area (Å²) in [6.45, 7) is 1.80. The lowest BCUT2D eigenvalue weighted by atomic mass is 10.2.